The summed E-state index contributed by atoms with van der Waals surface area (Å²) in [5.74, 6) is -0.275. The lowest BCUT2D eigenvalue weighted by Crippen LogP contribution is -2.49. The van der Waals surface area contributed by atoms with Crippen LogP contribution in [0.15, 0.2) is 39.9 Å². The molecule has 3 rings (SSSR count). The van der Waals surface area contributed by atoms with Crippen molar-refractivity contribution in [1.29, 1.82) is 0 Å². The number of ether oxygens (including phenoxy) is 2. The summed E-state index contributed by atoms with van der Waals surface area (Å²) < 4.78 is 41.1. The first-order valence-corrected chi connectivity index (χ1v) is 17.1. The van der Waals surface area contributed by atoms with E-state index in [1.54, 1.807) is 47.4 Å². The van der Waals surface area contributed by atoms with Crippen LogP contribution in [0.1, 0.15) is 64.2 Å². The van der Waals surface area contributed by atoms with Crippen molar-refractivity contribution >= 4 is 39.0 Å². The Morgan fingerprint density at radius 1 is 1.21 bits per heavy atom. The smallest absolute Gasteiger partial charge is 0.317 e. The first-order chi connectivity index (χ1) is 20.3. The first-order valence-electron chi connectivity index (χ1n) is 14.7. The number of nitrogens with one attached hydrogen (secondary N) is 2. The minimum absolute atomic E-state index is 0.0141. The van der Waals surface area contributed by atoms with E-state index < -0.39 is 22.0 Å². The van der Waals surface area contributed by atoms with Crippen LogP contribution in [0.2, 0.25) is 0 Å². The van der Waals surface area contributed by atoms with Crippen LogP contribution in [0, 0.1) is 5.92 Å². The molecule has 0 saturated carbocycles. The molecule has 2 heterocycles. The van der Waals surface area contributed by atoms with E-state index in [0.29, 0.717) is 18.9 Å². The number of urea groups is 1. The molecule has 0 saturated heterocycles. The van der Waals surface area contributed by atoms with Gasteiger partial charge in [-0.25, -0.2) is 13.2 Å². The van der Waals surface area contributed by atoms with Crippen molar-refractivity contribution in [2.75, 3.05) is 38.1 Å². The number of aliphatic hydroxyl groups is 1. The molecular weight excluding hydrogens is 592 g/mol. The van der Waals surface area contributed by atoms with Gasteiger partial charge in [0.25, 0.3) is 15.9 Å². The van der Waals surface area contributed by atoms with E-state index in [9.17, 15) is 23.1 Å². The zero-order chi connectivity index (χ0) is 31.7. The van der Waals surface area contributed by atoms with E-state index >= 15 is 0 Å². The molecule has 11 nitrogen and oxygen atoms in total. The Hall–Kier alpha value is -2.87. The fraction of sp³-hybridized carbons (Fsp3) is 0.600. The molecular formula is C30H46N4O7S2. The first kappa shape index (κ1) is 34.6. The van der Waals surface area contributed by atoms with Gasteiger partial charge in [0.1, 0.15) is 9.96 Å². The Morgan fingerprint density at radius 2 is 1.95 bits per heavy atom. The summed E-state index contributed by atoms with van der Waals surface area (Å²) in [4.78, 5) is 30.0. The Kier molecular flexibility index (Phi) is 12.7. The third kappa shape index (κ3) is 9.82. The van der Waals surface area contributed by atoms with Crippen LogP contribution in [-0.4, -0.2) is 92.9 Å². The van der Waals surface area contributed by atoms with Gasteiger partial charge < -0.3 is 29.7 Å². The van der Waals surface area contributed by atoms with E-state index in [4.69, 9.17) is 9.47 Å². The van der Waals surface area contributed by atoms with Crippen LogP contribution in [0.4, 0.5) is 10.5 Å². The standard InChI is InChI=1S/C30H46N4O7S2/c1-20(2)31-30(37)33(6)18-27-21(3)17-34(22(4)19-35)29(36)25-16-24(32-43(38,39)28-11-9-15-42-28)12-13-26(25)41-23(5)10-7-8-14-40-27/h9,11-13,15-16,20-23,27,32,35H,7-8,10,14,17-19H2,1-6H3,(H,31,37)/t21-,22+,23+,27+/m0/s1. The number of carbonyl (C=O) groups excluding carboxylic acids is 2. The lowest BCUT2D eigenvalue weighted by Gasteiger charge is -2.36. The summed E-state index contributed by atoms with van der Waals surface area (Å²) in [6, 6.07) is 7.07. The molecule has 240 valence electrons. The molecule has 1 aromatic carbocycles. The second-order valence-corrected chi connectivity index (χ2v) is 14.4. The van der Waals surface area contributed by atoms with E-state index in [-0.39, 0.29) is 58.8 Å². The van der Waals surface area contributed by atoms with Gasteiger partial charge in [0.05, 0.1) is 30.4 Å². The van der Waals surface area contributed by atoms with E-state index in [2.05, 4.69) is 10.0 Å². The lowest BCUT2D eigenvalue weighted by atomic mass is 10.0. The SMILES string of the molecule is CC(C)NC(=O)N(C)C[C@H]1OCCCC[C@@H](C)Oc2ccc(NS(=O)(=O)c3cccs3)cc2C(=O)N([C@H](C)CO)C[C@@H]1C. The van der Waals surface area contributed by atoms with Crippen LogP contribution in [0.5, 0.6) is 5.75 Å². The van der Waals surface area contributed by atoms with Crippen molar-refractivity contribution in [1.82, 2.24) is 15.1 Å². The number of benzene rings is 1. The molecule has 43 heavy (non-hydrogen) atoms. The number of nitrogens with zero attached hydrogens (tertiary/aromatic N) is 2. The molecule has 13 heteroatoms. The normalized spacial score (nSPS) is 21.3. The number of amides is 3. The molecule has 0 fully saturated rings. The number of anilines is 1. The highest BCUT2D eigenvalue weighted by Gasteiger charge is 2.31. The summed E-state index contributed by atoms with van der Waals surface area (Å²) in [6.07, 6.45) is 1.76. The van der Waals surface area contributed by atoms with Crippen LogP contribution < -0.4 is 14.8 Å². The molecule has 3 N–H and O–H groups in total. The number of hydrogen-bond acceptors (Lipinski definition) is 8. The predicted octanol–water partition coefficient (Wildman–Crippen LogP) is 4.39. The van der Waals surface area contributed by atoms with Crippen molar-refractivity contribution in [2.24, 2.45) is 5.92 Å². The topological polar surface area (TPSA) is 138 Å². The molecule has 3 amide bonds. The van der Waals surface area contributed by atoms with Crippen molar-refractivity contribution in [2.45, 2.75) is 82.4 Å². The zero-order valence-electron chi connectivity index (χ0n) is 25.9. The van der Waals surface area contributed by atoms with Gasteiger partial charge in [-0.05, 0) is 76.6 Å². The highest BCUT2D eigenvalue weighted by molar-refractivity contribution is 7.94. The van der Waals surface area contributed by atoms with Crippen molar-refractivity contribution in [3.05, 3.63) is 41.3 Å². The number of hydrogen-bond donors (Lipinski definition) is 3. The second-order valence-electron chi connectivity index (χ2n) is 11.5. The Labute approximate surface area is 259 Å². The number of thiophene rings is 1. The van der Waals surface area contributed by atoms with Gasteiger partial charge in [-0.1, -0.05) is 13.0 Å². The summed E-state index contributed by atoms with van der Waals surface area (Å²) >= 11 is 1.10. The van der Waals surface area contributed by atoms with E-state index in [1.807, 2.05) is 27.7 Å². The maximum atomic E-state index is 14.2. The number of likely N-dealkylation sites (N-methyl/N-ethyl adjacent to an activating group) is 1. The highest BCUT2D eigenvalue weighted by Crippen LogP contribution is 2.30. The molecule has 0 radical (unpaired) electrons. The minimum Gasteiger partial charge on any atom is -0.490 e. The van der Waals surface area contributed by atoms with Crippen molar-refractivity contribution in [3.8, 4) is 5.75 Å². The van der Waals surface area contributed by atoms with Crippen molar-refractivity contribution < 1.29 is 32.6 Å². The maximum Gasteiger partial charge on any atom is 0.317 e. The molecule has 0 bridgehead atoms. The lowest BCUT2D eigenvalue weighted by molar-refractivity contribution is -0.0122. The maximum absolute atomic E-state index is 14.2. The molecule has 4 atom stereocenters. The number of fused-ring (bicyclic) bond motifs is 1. The molecule has 0 unspecified atom stereocenters. The summed E-state index contributed by atoms with van der Waals surface area (Å²) in [6.45, 7) is 10.2. The average Bonchev–Trinajstić information content (AvgIpc) is 3.50. The zero-order valence-corrected chi connectivity index (χ0v) is 27.5. The number of carbonyl (C=O) groups is 2. The quantitative estimate of drug-likeness (QED) is 0.390. The van der Waals surface area contributed by atoms with Gasteiger partial charge >= 0.3 is 6.03 Å². The summed E-state index contributed by atoms with van der Waals surface area (Å²) in [5.41, 5.74) is 0.412. The molecule has 0 spiro atoms. The van der Waals surface area contributed by atoms with Crippen LogP contribution >= 0.6 is 11.3 Å². The highest BCUT2D eigenvalue weighted by atomic mass is 32.2. The van der Waals surface area contributed by atoms with Crippen molar-refractivity contribution in [3.63, 3.8) is 0 Å². The number of sulfonamides is 1. The molecule has 0 aliphatic carbocycles. The Bertz CT molecular complexity index is 1300. The van der Waals surface area contributed by atoms with Gasteiger partial charge in [-0.15, -0.1) is 11.3 Å². The van der Waals surface area contributed by atoms with Crippen LogP contribution in [0.25, 0.3) is 0 Å². The van der Waals surface area contributed by atoms with Gasteiger partial charge in [0.15, 0.2) is 0 Å². The van der Waals surface area contributed by atoms with E-state index in [0.717, 1.165) is 30.6 Å². The van der Waals surface area contributed by atoms with Gasteiger partial charge in [-0.3, -0.25) is 9.52 Å². The second kappa shape index (κ2) is 15.7. The number of rotatable bonds is 8. The number of aliphatic hydroxyl groups excluding tert-OH is 1. The molecule has 1 aliphatic heterocycles. The fourth-order valence-corrected chi connectivity index (χ4v) is 6.82. The monoisotopic (exact) mass is 638 g/mol. The average molecular weight is 639 g/mol. The summed E-state index contributed by atoms with van der Waals surface area (Å²) in [7, 11) is -2.13. The summed E-state index contributed by atoms with van der Waals surface area (Å²) in [5, 5.41) is 14.7. The Morgan fingerprint density at radius 3 is 2.60 bits per heavy atom. The molecule has 1 aromatic heterocycles. The molecule has 2 aromatic rings. The Balaban J connectivity index is 1.97. The van der Waals surface area contributed by atoms with Crippen LogP contribution in [-0.2, 0) is 14.8 Å². The minimum atomic E-state index is -3.84. The third-order valence-electron chi connectivity index (χ3n) is 7.28. The fourth-order valence-electron chi connectivity index (χ4n) is 4.78. The largest absolute Gasteiger partial charge is 0.490 e. The third-order valence-corrected chi connectivity index (χ3v) is 10.1. The predicted molar refractivity (Wildman–Crippen MR) is 168 cm³/mol. The van der Waals surface area contributed by atoms with Gasteiger partial charge in [0, 0.05) is 44.4 Å². The van der Waals surface area contributed by atoms with Crippen LogP contribution in [0.3, 0.4) is 0 Å². The molecule has 1 aliphatic rings. The van der Waals surface area contributed by atoms with Gasteiger partial charge in [-0.2, -0.15) is 0 Å². The van der Waals surface area contributed by atoms with Gasteiger partial charge in [0.2, 0.25) is 0 Å². The van der Waals surface area contributed by atoms with E-state index in [1.165, 1.54) is 12.1 Å².